The summed E-state index contributed by atoms with van der Waals surface area (Å²) in [4.78, 5) is 13.1. The molecule has 0 aromatic heterocycles. The largest absolute Gasteiger partial charge is 0.478 e. The lowest BCUT2D eigenvalue weighted by molar-refractivity contribution is -0.132. The van der Waals surface area contributed by atoms with Crippen molar-refractivity contribution in [1.82, 2.24) is 0 Å². The Morgan fingerprint density at radius 1 is 1.33 bits per heavy atom. The van der Waals surface area contributed by atoms with Crippen LogP contribution in [-0.2, 0) is 4.79 Å². The first-order valence-corrected chi connectivity index (χ1v) is 6.33. The molecule has 0 fully saturated rings. The van der Waals surface area contributed by atoms with Crippen LogP contribution in [0.4, 0.5) is 5.69 Å². The lowest BCUT2D eigenvalue weighted by Gasteiger charge is -2.23. The highest BCUT2D eigenvalue weighted by Gasteiger charge is 2.08. The molecule has 0 radical (unpaired) electrons. The van der Waals surface area contributed by atoms with Gasteiger partial charge in [-0.3, -0.25) is 0 Å². The van der Waals surface area contributed by atoms with Gasteiger partial charge in [0.1, 0.15) is 0 Å². The van der Waals surface area contributed by atoms with Crippen LogP contribution < -0.4 is 4.90 Å². The summed E-state index contributed by atoms with van der Waals surface area (Å²) in [6, 6.07) is 8.16. The first-order valence-electron chi connectivity index (χ1n) is 6.33. The Bertz CT molecular complexity index is 438. The zero-order chi connectivity index (χ0) is 13.5. The quantitative estimate of drug-likeness (QED) is 0.784. The molecule has 0 saturated heterocycles. The van der Waals surface area contributed by atoms with Gasteiger partial charge in [-0.05, 0) is 31.9 Å². The standard InChI is InChI=1S/C15H21NO2/c1-4-13(15(17)18)10-11-16(5-2)14-9-7-6-8-12(14)3/h6-10H,4-5,11H2,1-3H3,(H,17,18). The first-order chi connectivity index (χ1) is 8.60. The molecule has 0 amide bonds. The minimum atomic E-state index is -0.821. The van der Waals surface area contributed by atoms with Gasteiger partial charge in [0, 0.05) is 24.4 Å². The second-order valence-corrected chi connectivity index (χ2v) is 4.21. The minimum Gasteiger partial charge on any atom is -0.478 e. The highest BCUT2D eigenvalue weighted by Crippen LogP contribution is 2.19. The number of para-hydroxylation sites is 1. The van der Waals surface area contributed by atoms with Crippen LogP contribution in [0.2, 0.25) is 0 Å². The fourth-order valence-electron chi connectivity index (χ4n) is 1.92. The van der Waals surface area contributed by atoms with Crippen molar-refractivity contribution in [1.29, 1.82) is 0 Å². The monoisotopic (exact) mass is 247 g/mol. The van der Waals surface area contributed by atoms with Gasteiger partial charge in [-0.1, -0.05) is 31.2 Å². The van der Waals surface area contributed by atoms with Gasteiger partial charge < -0.3 is 10.0 Å². The lowest BCUT2D eigenvalue weighted by Crippen LogP contribution is -2.24. The average Bonchev–Trinajstić information content (AvgIpc) is 2.36. The van der Waals surface area contributed by atoms with E-state index in [4.69, 9.17) is 5.11 Å². The maximum Gasteiger partial charge on any atom is 0.331 e. The van der Waals surface area contributed by atoms with Crippen LogP contribution >= 0.6 is 0 Å². The van der Waals surface area contributed by atoms with E-state index in [-0.39, 0.29) is 0 Å². The van der Waals surface area contributed by atoms with Gasteiger partial charge in [-0.2, -0.15) is 0 Å². The average molecular weight is 247 g/mol. The van der Waals surface area contributed by atoms with Crippen molar-refractivity contribution < 1.29 is 9.90 Å². The van der Waals surface area contributed by atoms with Gasteiger partial charge in [-0.15, -0.1) is 0 Å². The summed E-state index contributed by atoms with van der Waals surface area (Å²) in [5.74, 6) is -0.821. The molecule has 0 bridgehead atoms. The van der Waals surface area contributed by atoms with Crippen LogP contribution in [0.5, 0.6) is 0 Å². The second kappa shape index (κ2) is 6.84. The van der Waals surface area contributed by atoms with Crippen LogP contribution in [0, 0.1) is 6.92 Å². The number of aryl methyl sites for hydroxylation is 1. The van der Waals surface area contributed by atoms with E-state index in [0.29, 0.717) is 18.5 Å². The molecular formula is C15H21NO2. The molecule has 1 aromatic rings. The Balaban J connectivity index is 2.86. The lowest BCUT2D eigenvalue weighted by atomic mass is 10.1. The second-order valence-electron chi connectivity index (χ2n) is 4.21. The van der Waals surface area contributed by atoms with E-state index in [1.165, 1.54) is 5.56 Å². The summed E-state index contributed by atoms with van der Waals surface area (Å²) in [5.41, 5.74) is 2.85. The molecule has 3 heteroatoms. The third-order valence-corrected chi connectivity index (χ3v) is 3.05. The van der Waals surface area contributed by atoms with E-state index in [0.717, 1.165) is 12.2 Å². The Hall–Kier alpha value is -1.77. The molecule has 0 heterocycles. The fourth-order valence-corrected chi connectivity index (χ4v) is 1.92. The van der Waals surface area contributed by atoms with Crippen molar-refractivity contribution in [3.63, 3.8) is 0 Å². The van der Waals surface area contributed by atoms with Gasteiger partial charge in [0.05, 0.1) is 0 Å². The molecule has 1 rings (SSSR count). The summed E-state index contributed by atoms with van der Waals surface area (Å²) < 4.78 is 0. The third-order valence-electron chi connectivity index (χ3n) is 3.05. The first kappa shape index (κ1) is 14.3. The number of hydrogen-bond acceptors (Lipinski definition) is 2. The van der Waals surface area contributed by atoms with Crippen molar-refractivity contribution in [3.8, 4) is 0 Å². The molecular weight excluding hydrogens is 226 g/mol. The maximum atomic E-state index is 10.9. The van der Waals surface area contributed by atoms with Crippen LogP contribution in [0.15, 0.2) is 35.9 Å². The highest BCUT2D eigenvalue weighted by atomic mass is 16.4. The molecule has 0 spiro atoms. The molecule has 1 N–H and O–H groups in total. The molecule has 0 unspecified atom stereocenters. The van der Waals surface area contributed by atoms with Gasteiger partial charge in [0.25, 0.3) is 0 Å². The van der Waals surface area contributed by atoms with Crippen LogP contribution in [0.25, 0.3) is 0 Å². The highest BCUT2D eigenvalue weighted by molar-refractivity contribution is 5.86. The minimum absolute atomic E-state index is 0.474. The zero-order valence-electron chi connectivity index (χ0n) is 11.3. The smallest absolute Gasteiger partial charge is 0.331 e. The topological polar surface area (TPSA) is 40.5 Å². The predicted molar refractivity (Wildman–Crippen MR) is 75.1 cm³/mol. The number of rotatable bonds is 6. The molecule has 0 aliphatic rings. The van der Waals surface area contributed by atoms with Crippen LogP contribution in [-0.4, -0.2) is 24.2 Å². The van der Waals surface area contributed by atoms with Crippen molar-refractivity contribution in [2.24, 2.45) is 0 Å². The van der Waals surface area contributed by atoms with Gasteiger partial charge >= 0.3 is 5.97 Å². The van der Waals surface area contributed by atoms with Crippen molar-refractivity contribution in [2.45, 2.75) is 27.2 Å². The zero-order valence-corrected chi connectivity index (χ0v) is 11.3. The summed E-state index contributed by atoms with van der Waals surface area (Å²) >= 11 is 0. The maximum absolute atomic E-state index is 10.9. The number of benzene rings is 1. The Kier molecular flexibility index (Phi) is 5.43. The molecule has 0 aliphatic carbocycles. The van der Waals surface area contributed by atoms with Gasteiger partial charge in [-0.25, -0.2) is 4.79 Å². The number of hydrogen-bond donors (Lipinski definition) is 1. The van der Waals surface area contributed by atoms with E-state index < -0.39 is 5.97 Å². The van der Waals surface area contributed by atoms with E-state index in [1.807, 2.05) is 19.1 Å². The van der Waals surface area contributed by atoms with Gasteiger partial charge in [0.15, 0.2) is 0 Å². The number of nitrogens with zero attached hydrogens (tertiary/aromatic N) is 1. The Labute approximate surface area is 109 Å². The molecule has 0 aliphatic heterocycles. The number of likely N-dealkylation sites (N-methyl/N-ethyl adjacent to an activating group) is 1. The summed E-state index contributed by atoms with van der Waals surface area (Å²) in [7, 11) is 0. The Morgan fingerprint density at radius 2 is 2.00 bits per heavy atom. The number of carboxylic acids is 1. The molecule has 98 valence electrons. The molecule has 1 aromatic carbocycles. The summed E-state index contributed by atoms with van der Waals surface area (Å²) in [5, 5.41) is 9.00. The number of anilines is 1. The van der Waals surface area contributed by atoms with Crippen molar-refractivity contribution in [2.75, 3.05) is 18.0 Å². The third kappa shape index (κ3) is 3.62. The van der Waals surface area contributed by atoms with Crippen LogP contribution in [0.1, 0.15) is 25.8 Å². The summed E-state index contributed by atoms with van der Waals surface area (Å²) in [6.45, 7) is 7.51. The SMILES string of the molecule is CCC(=CCN(CC)c1ccccc1C)C(=O)O. The number of aliphatic carboxylic acids is 1. The van der Waals surface area contributed by atoms with Crippen molar-refractivity contribution in [3.05, 3.63) is 41.5 Å². The predicted octanol–water partition coefficient (Wildman–Crippen LogP) is 3.24. The van der Waals surface area contributed by atoms with Crippen LogP contribution in [0.3, 0.4) is 0 Å². The fraction of sp³-hybridized carbons (Fsp3) is 0.400. The summed E-state index contributed by atoms with van der Waals surface area (Å²) in [6.07, 6.45) is 2.36. The van der Waals surface area contributed by atoms with E-state index >= 15 is 0 Å². The molecule has 18 heavy (non-hydrogen) atoms. The molecule has 3 nitrogen and oxygen atoms in total. The van der Waals surface area contributed by atoms with Gasteiger partial charge in [0.2, 0.25) is 0 Å². The normalized spacial score (nSPS) is 11.4. The molecule has 0 saturated carbocycles. The van der Waals surface area contributed by atoms with E-state index in [1.54, 1.807) is 6.08 Å². The number of carbonyl (C=O) groups is 1. The van der Waals surface area contributed by atoms with Crippen molar-refractivity contribution >= 4 is 11.7 Å². The molecule has 0 atom stereocenters. The van der Waals surface area contributed by atoms with E-state index in [2.05, 4.69) is 30.9 Å². The Morgan fingerprint density at radius 3 is 2.50 bits per heavy atom. The van der Waals surface area contributed by atoms with E-state index in [9.17, 15) is 4.79 Å². The number of carboxylic acid groups (broad SMARTS) is 1.